The molecule has 6 nitrogen and oxygen atoms in total. The highest BCUT2D eigenvalue weighted by molar-refractivity contribution is 8.00. The van der Waals surface area contributed by atoms with Crippen LogP contribution in [0.4, 0.5) is 10.7 Å². The number of rotatable bonds is 10. The van der Waals surface area contributed by atoms with E-state index in [1.54, 1.807) is 6.92 Å². The molecule has 1 atom stereocenters. The third-order valence-corrected chi connectivity index (χ3v) is 9.03. The van der Waals surface area contributed by atoms with E-state index in [4.69, 9.17) is 4.74 Å². The van der Waals surface area contributed by atoms with E-state index in [1.165, 1.54) is 34.4 Å². The highest BCUT2D eigenvalue weighted by atomic mass is 32.2. The Labute approximate surface area is 238 Å². The van der Waals surface area contributed by atoms with Crippen LogP contribution >= 0.6 is 23.1 Å². The molecule has 2 amide bonds. The summed E-state index contributed by atoms with van der Waals surface area (Å²) in [5.74, 6) is -0.603. The molecular weight excluding hydrogens is 528 g/mol. The van der Waals surface area contributed by atoms with E-state index in [-0.39, 0.29) is 24.4 Å². The van der Waals surface area contributed by atoms with Gasteiger partial charge in [-0.2, -0.15) is 0 Å². The van der Waals surface area contributed by atoms with Crippen molar-refractivity contribution >= 4 is 51.6 Å². The number of anilines is 2. The van der Waals surface area contributed by atoms with Gasteiger partial charge in [-0.25, -0.2) is 4.79 Å². The predicted molar refractivity (Wildman–Crippen MR) is 160 cm³/mol. The van der Waals surface area contributed by atoms with Crippen molar-refractivity contribution < 1.29 is 19.1 Å². The molecule has 206 valence electrons. The van der Waals surface area contributed by atoms with Crippen LogP contribution in [0.15, 0.2) is 59.5 Å². The Bertz CT molecular complexity index is 1290. The summed E-state index contributed by atoms with van der Waals surface area (Å²) < 4.78 is 5.43. The number of esters is 1. The van der Waals surface area contributed by atoms with E-state index < -0.39 is 5.25 Å². The first-order valence-electron chi connectivity index (χ1n) is 13.7. The maximum atomic E-state index is 13.9. The second-order valence-corrected chi connectivity index (χ2v) is 11.9. The smallest absolute Gasteiger partial charge is 0.341 e. The number of hydrogen-bond donors (Lipinski definition) is 2. The molecule has 2 N–H and O–H groups in total. The van der Waals surface area contributed by atoms with E-state index >= 15 is 0 Å². The van der Waals surface area contributed by atoms with Crippen LogP contribution in [0.2, 0.25) is 0 Å². The summed E-state index contributed by atoms with van der Waals surface area (Å²) in [5, 5.41) is 6.06. The van der Waals surface area contributed by atoms with Crippen molar-refractivity contribution in [3.8, 4) is 0 Å². The molecule has 1 aromatic heterocycles. The number of hydrogen-bond acceptors (Lipinski definition) is 6. The number of thioether (sulfide) groups is 1. The van der Waals surface area contributed by atoms with Gasteiger partial charge in [0.05, 0.1) is 12.2 Å². The molecule has 39 heavy (non-hydrogen) atoms. The molecule has 4 rings (SSSR count). The number of aryl methyl sites for hydroxylation is 1. The van der Waals surface area contributed by atoms with Crippen LogP contribution in [0.5, 0.6) is 0 Å². The number of amides is 2. The maximum absolute atomic E-state index is 13.9. The van der Waals surface area contributed by atoms with Crippen molar-refractivity contribution in [3.63, 3.8) is 0 Å². The van der Waals surface area contributed by atoms with Gasteiger partial charge >= 0.3 is 5.97 Å². The lowest BCUT2D eigenvalue weighted by Gasteiger charge is -2.18. The lowest BCUT2D eigenvalue weighted by atomic mass is 9.96. The van der Waals surface area contributed by atoms with Crippen molar-refractivity contribution in [2.24, 2.45) is 0 Å². The van der Waals surface area contributed by atoms with Crippen molar-refractivity contribution in [3.05, 3.63) is 76.2 Å². The Morgan fingerprint density at radius 1 is 0.949 bits per heavy atom. The van der Waals surface area contributed by atoms with Gasteiger partial charge in [0.25, 0.3) is 0 Å². The summed E-state index contributed by atoms with van der Waals surface area (Å²) in [6.45, 7) is 4.05. The number of carbonyl (C=O) groups is 3. The minimum atomic E-state index is -0.562. The SMILES string of the molecule is CCCC(=O)Nc1cccc(SC(C(=O)Nc2sc3c(c2C(=O)OCC)CCCCCC3)c2ccccc2)c1. The van der Waals surface area contributed by atoms with Crippen molar-refractivity contribution in [1.29, 1.82) is 0 Å². The van der Waals surface area contributed by atoms with Gasteiger partial charge in [0.15, 0.2) is 0 Å². The maximum Gasteiger partial charge on any atom is 0.341 e. The molecule has 1 heterocycles. The van der Waals surface area contributed by atoms with Gasteiger partial charge in [-0.15, -0.1) is 23.1 Å². The first-order valence-corrected chi connectivity index (χ1v) is 15.4. The quantitative estimate of drug-likeness (QED) is 0.194. The van der Waals surface area contributed by atoms with Crippen LogP contribution < -0.4 is 10.6 Å². The summed E-state index contributed by atoms with van der Waals surface area (Å²) in [5.41, 5.74) is 3.11. The minimum Gasteiger partial charge on any atom is -0.462 e. The number of nitrogens with one attached hydrogen (secondary N) is 2. The summed E-state index contributed by atoms with van der Waals surface area (Å²) in [7, 11) is 0. The fourth-order valence-electron chi connectivity index (χ4n) is 4.74. The molecule has 1 unspecified atom stereocenters. The van der Waals surface area contributed by atoms with Gasteiger partial charge in [0.2, 0.25) is 11.8 Å². The Hall–Kier alpha value is -3.10. The number of benzene rings is 2. The third kappa shape index (κ3) is 7.73. The second kappa shape index (κ2) is 14.3. The van der Waals surface area contributed by atoms with E-state index in [1.807, 2.05) is 61.5 Å². The zero-order valence-electron chi connectivity index (χ0n) is 22.6. The predicted octanol–water partition coefficient (Wildman–Crippen LogP) is 7.79. The average Bonchev–Trinajstić information content (AvgIpc) is 3.23. The van der Waals surface area contributed by atoms with Crippen LogP contribution in [0, 0.1) is 0 Å². The number of ether oxygens (including phenoxy) is 1. The Morgan fingerprint density at radius 2 is 1.72 bits per heavy atom. The monoisotopic (exact) mass is 564 g/mol. The van der Waals surface area contributed by atoms with Crippen molar-refractivity contribution in [1.82, 2.24) is 0 Å². The lowest BCUT2D eigenvalue weighted by molar-refractivity contribution is -0.116. The second-order valence-electron chi connectivity index (χ2n) is 9.57. The van der Waals surface area contributed by atoms with Crippen LogP contribution in [-0.4, -0.2) is 24.4 Å². The van der Waals surface area contributed by atoms with Crippen LogP contribution in [0.3, 0.4) is 0 Å². The Morgan fingerprint density at radius 3 is 2.46 bits per heavy atom. The molecule has 8 heteroatoms. The standard InChI is InChI=1S/C31H36N2O4S2/c1-3-13-26(34)32-22-16-12-17-23(20-22)38-28(21-14-8-7-9-15-21)29(35)33-30-27(31(36)37-4-2)24-18-10-5-6-11-19-25(24)39-30/h7-9,12,14-17,20,28H,3-6,10-11,13,18-19H2,1-2H3,(H,32,34)(H,33,35). The van der Waals surface area contributed by atoms with E-state index in [0.717, 1.165) is 54.5 Å². The molecule has 0 bridgehead atoms. The van der Waals surface area contributed by atoms with Gasteiger partial charge in [-0.1, -0.05) is 56.2 Å². The topological polar surface area (TPSA) is 84.5 Å². The van der Waals surface area contributed by atoms with Gasteiger partial charge in [0, 0.05) is 21.9 Å². The number of fused-ring (bicyclic) bond motifs is 1. The van der Waals surface area contributed by atoms with Gasteiger partial charge < -0.3 is 15.4 Å². The molecule has 2 aromatic carbocycles. The molecule has 1 aliphatic carbocycles. The normalized spacial score (nSPS) is 13.9. The molecule has 0 spiro atoms. The summed E-state index contributed by atoms with van der Waals surface area (Å²) >= 11 is 2.93. The van der Waals surface area contributed by atoms with Gasteiger partial charge in [-0.05, 0) is 68.4 Å². The highest BCUT2D eigenvalue weighted by Crippen LogP contribution is 2.41. The molecule has 0 saturated carbocycles. The molecule has 0 aliphatic heterocycles. The van der Waals surface area contributed by atoms with Crippen LogP contribution in [0.25, 0.3) is 0 Å². The highest BCUT2D eigenvalue weighted by Gasteiger charge is 2.29. The van der Waals surface area contributed by atoms with Crippen molar-refractivity contribution in [2.75, 3.05) is 17.2 Å². The zero-order chi connectivity index (χ0) is 27.6. The minimum absolute atomic E-state index is 0.0308. The zero-order valence-corrected chi connectivity index (χ0v) is 24.2. The van der Waals surface area contributed by atoms with E-state index in [0.29, 0.717) is 22.7 Å². The average molecular weight is 565 g/mol. The van der Waals surface area contributed by atoms with Gasteiger partial charge in [-0.3, -0.25) is 9.59 Å². The summed E-state index contributed by atoms with van der Waals surface area (Å²) in [6.07, 6.45) is 7.39. The van der Waals surface area contributed by atoms with Crippen molar-refractivity contribution in [2.45, 2.75) is 75.4 Å². The summed E-state index contributed by atoms with van der Waals surface area (Å²) in [4.78, 5) is 41.1. The molecule has 0 fully saturated rings. The first kappa shape index (κ1) is 28.9. The third-order valence-electron chi connectivity index (χ3n) is 6.58. The summed E-state index contributed by atoms with van der Waals surface area (Å²) in [6, 6.07) is 17.2. The van der Waals surface area contributed by atoms with E-state index in [9.17, 15) is 14.4 Å². The molecule has 0 radical (unpaired) electrons. The Kier molecular flexibility index (Phi) is 10.6. The first-order chi connectivity index (χ1) is 19.0. The van der Waals surface area contributed by atoms with Crippen LogP contribution in [-0.2, 0) is 27.2 Å². The van der Waals surface area contributed by atoms with Crippen LogP contribution in [0.1, 0.15) is 84.0 Å². The molecule has 1 aliphatic rings. The largest absolute Gasteiger partial charge is 0.462 e. The number of carbonyl (C=O) groups excluding carboxylic acids is 3. The molecule has 3 aromatic rings. The van der Waals surface area contributed by atoms with Gasteiger partial charge in [0.1, 0.15) is 10.3 Å². The molecule has 0 saturated heterocycles. The number of thiophene rings is 1. The van der Waals surface area contributed by atoms with E-state index in [2.05, 4.69) is 10.6 Å². The Balaban J connectivity index is 1.63. The molecular formula is C31H36N2O4S2. The fraction of sp³-hybridized carbons (Fsp3) is 0.387. The lowest BCUT2D eigenvalue weighted by Crippen LogP contribution is -2.20. The fourth-order valence-corrected chi connectivity index (χ4v) is 7.10.